The molecular formula is C33H35NO4S2. The second-order valence-electron chi connectivity index (χ2n) is 10.1. The predicted octanol–water partition coefficient (Wildman–Crippen LogP) is 8.21. The first kappa shape index (κ1) is 28.2. The number of benzene rings is 3. The quantitative estimate of drug-likeness (QED) is 0.163. The van der Waals surface area contributed by atoms with Crippen LogP contribution in [-0.4, -0.2) is 24.4 Å². The van der Waals surface area contributed by atoms with Crippen LogP contribution in [0.25, 0.3) is 10.1 Å². The molecule has 0 bridgehead atoms. The number of aryl methyl sites for hydroxylation is 4. The summed E-state index contributed by atoms with van der Waals surface area (Å²) < 4.78 is 13.6. The highest BCUT2D eigenvalue weighted by molar-refractivity contribution is 8.15. The zero-order valence-corrected chi connectivity index (χ0v) is 24.7. The summed E-state index contributed by atoms with van der Waals surface area (Å²) in [5.41, 5.74) is 5.91. The number of imide groups is 1. The van der Waals surface area contributed by atoms with E-state index < -0.39 is 5.25 Å². The standard InChI is InChI=1S/C33H35NO4S2/c1-3-9-27-29(17-16-26-24(21-39-30(26)27)14-13-23-10-5-4-6-11-23)38-19-8-7-18-37-25-15-12-22(2)28(20-25)31-32(35)34-33(36)40-31/h4-6,10-12,15-17,20-21,31H,3,7-9,13-14,18-19H2,1-2H3,(H,34,35,36). The highest BCUT2D eigenvalue weighted by Gasteiger charge is 2.34. The summed E-state index contributed by atoms with van der Waals surface area (Å²) in [6.45, 7) is 5.36. The average molecular weight is 574 g/mol. The number of unbranched alkanes of at least 4 members (excludes halogenated alkanes) is 1. The van der Waals surface area contributed by atoms with Gasteiger partial charge in [-0.1, -0.05) is 49.7 Å². The Balaban J connectivity index is 1.14. The molecule has 1 fully saturated rings. The highest BCUT2D eigenvalue weighted by Crippen LogP contribution is 2.38. The van der Waals surface area contributed by atoms with Crippen molar-refractivity contribution in [2.24, 2.45) is 0 Å². The van der Waals surface area contributed by atoms with Gasteiger partial charge in [0.1, 0.15) is 16.7 Å². The van der Waals surface area contributed by atoms with Gasteiger partial charge in [0, 0.05) is 10.3 Å². The van der Waals surface area contributed by atoms with Crippen molar-refractivity contribution < 1.29 is 19.1 Å². The van der Waals surface area contributed by atoms with E-state index in [0.717, 1.165) is 67.2 Å². The number of hydrogen-bond donors (Lipinski definition) is 1. The van der Waals surface area contributed by atoms with Crippen LogP contribution in [0.2, 0.25) is 0 Å². The fourth-order valence-corrected chi connectivity index (χ4v) is 7.15. The van der Waals surface area contributed by atoms with E-state index >= 15 is 0 Å². The molecule has 1 atom stereocenters. The zero-order valence-electron chi connectivity index (χ0n) is 23.0. The number of fused-ring (bicyclic) bond motifs is 1. The monoisotopic (exact) mass is 573 g/mol. The number of carbonyl (C=O) groups is 2. The van der Waals surface area contributed by atoms with E-state index in [1.54, 1.807) is 0 Å². The molecule has 1 N–H and O–H groups in total. The minimum atomic E-state index is -0.512. The molecule has 4 aromatic rings. The first-order chi connectivity index (χ1) is 19.5. The third-order valence-corrected chi connectivity index (χ3v) is 9.32. The Hall–Kier alpha value is -3.29. The zero-order chi connectivity index (χ0) is 27.9. The van der Waals surface area contributed by atoms with Gasteiger partial charge in [-0.3, -0.25) is 14.9 Å². The molecule has 2 amide bonds. The Morgan fingerprint density at radius 2 is 1.70 bits per heavy atom. The molecule has 0 aliphatic carbocycles. The normalized spacial score (nSPS) is 15.0. The molecule has 1 aromatic heterocycles. The Morgan fingerprint density at radius 1 is 0.900 bits per heavy atom. The van der Waals surface area contributed by atoms with Gasteiger partial charge in [0.25, 0.3) is 5.24 Å². The molecule has 1 saturated heterocycles. The van der Waals surface area contributed by atoms with Gasteiger partial charge >= 0.3 is 0 Å². The molecule has 0 spiro atoms. The summed E-state index contributed by atoms with van der Waals surface area (Å²) >= 11 is 2.86. The van der Waals surface area contributed by atoms with Gasteiger partial charge in [-0.25, -0.2) is 0 Å². The molecule has 0 radical (unpaired) electrons. The second-order valence-corrected chi connectivity index (χ2v) is 12.1. The maximum absolute atomic E-state index is 12.1. The van der Waals surface area contributed by atoms with E-state index in [0.29, 0.717) is 19.0 Å². The first-order valence-electron chi connectivity index (χ1n) is 14.0. The van der Waals surface area contributed by atoms with Crippen molar-refractivity contribution in [2.75, 3.05) is 13.2 Å². The smallest absolute Gasteiger partial charge is 0.286 e. The summed E-state index contributed by atoms with van der Waals surface area (Å²) in [5, 5.41) is 5.23. The Labute approximate surface area is 244 Å². The Bertz CT molecular complexity index is 1480. The lowest BCUT2D eigenvalue weighted by Gasteiger charge is -2.14. The maximum Gasteiger partial charge on any atom is 0.286 e. The van der Waals surface area contributed by atoms with E-state index in [-0.39, 0.29) is 11.1 Å². The molecular weight excluding hydrogens is 539 g/mol. The summed E-state index contributed by atoms with van der Waals surface area (Å²) in [7, 11) is 0. The number of amides is 2. The number of hydrogen-bond acceptors (Lipinski definition) is 6. The number of rotatable bonds is 13. The molecule has 3 aromatic carbocycles. The molecule has 2 heterocycles. The lowest BCUT2D eigenvalue weighted by molar-refractivity contribution is -0.119. The minimum Gasteiger partial charge on any atom is -0.494 e. The van der Waals surface area contributed by atoms with Crippen LogP contribution >= 0.6 is 23.1 Å². The molecule has 7 heteroatoms. The maximum atomic E-state index is 12.1. The predicted molar refractivity (Wildman–Crippen MR) is 165 cm³/mol. The van der Waals surface area contributed by atoms with Crippen molar-refractivity contribution in [1.82, 2.24) is 5.32 Å². The van der Waals surface area contributed by atoms with Crippen molar-refractivity contribution >= 4 is 44.3 Å². The fourth-order valence-electron chi connectivity index (χ4n) is 5.06. The van der Waals surface area contributed by atoms with Gasteiger partial charge in [-0.2, -0.15) is 0 Å². The molecule has 5 nitrogen and oxygen atoms in total. The van der Waals surface area contributed by atoms with E-state index in [1.165, 1.54) is 26.8 Å². The van der Waals surface area contributed by atoms with Crippen LogP contribution in [0.5, 0.6) is 11.5 Å². The van der Waals surface area contributed by atoms with Gasteiger partial charge in [0.05, 0.1) is 13.2 Å². The number of ether oxygens (including phenoxy) is 2. The average Bonchev–Trinajstić information content (AvgIpc) is 3.53. The van der Waals surface area contributed by atoms with Gasteiger partial charge in [-0.15, -0.1) is 11.3 Å². The minimum absolute atomic E-state index is 0.265. The molecule has 1 aliphatic rings. The highest BCUT2D eigenvalue weighted by atomic mass is 32.2. The van der Waals surface area contributed by atoms with Crippen LogP contribution in [0.15, 0.2) is 66.0 Å². The van der Waals surface area contributed by atoms with Gasteiger partial charge in [0.2, 0.25) is 5.91 Å². The molecule has 0 saturated carbocycles. The lowest BCUT2D eigenvalue weighted by Crippen LogP contribution is -2.20. The molecule has 1 aliphatic heterocycles. The summed E-state index contributed by atoms with van der Waals surface area (Å²) in [5.74, 6) is 1.45. The Kier molecular flexibility index (Phi) is 9.45. The van der Waals surface area contributed by atoms with Crippen molar-refractivity contribution in [3.63, 3.8) is 0 Å². The van der Waals surface area contributed by atoms with Crippen LogP contribution in [0.4, 0.5) is 4.79 Å². The van der Waals surface area contributed by atoms with Crippen LogP contribution in [0, 0.1) is 6.92 Å². The third kappa shape index (κ3) is 6.70. The summed E-state index contributed by atoms with van der Waals surface area (Å²) in [4.78, 5) is 23.7. The molecule has 5 rings (SSSR count). The lowest BCUT2D eigenvalue weighted by atomic mass is 10.0. The van der Waals surface area contributed by atoms with Gasteiger partial charge in [0.15, 0.2) is 0 Å². The Morgan fingerprint density at radius 3 is 2.45 bits per heavy atom. The molecule has 208 valence electrons. The van der Waals surface area contributed by atoms with Crippen LogP contribution in [0.3, 0.4) is 0 Å². The number of thioether (sulfide) groups is 1. The number of carbonyl (C=O) groups excluding carboxylic acids is 2. The van der Waals surface area contributed by atoms with E-state index in [4.69, 9.17) is 9.47 Å². The third-order valence-electron chi connectivity index (χ3n) is 7.19. The largest absolute Gasteiger partial charge is 0.494 e. The number of nitrogens with one attached hydrogen (secondary N) is 1. The van der Waals surface area contributed by atoms with E-state index in [9.17, 15) is 9.59 Å². The SMILES string of the molecule is CCCc1c(OCCCCOc2ccc(C)c(C3SC(=O)NC3=O)c2)ccc2c(CCc3ccccc3)csc12. The van der Waals surface area contributed by atoms with Gasteiger partial charge < -0.3 is 9.47 Å². The second kappa shape index (κ2) is 13.4. The van der Waals surface area contributed by atoms with Gasteiger partial charge in [-0.05, 0) is 108 Å². The molecule has 1 unspecified atom stereocenters. The van der Waals surface area contributed by atoms with Crippen LogP contribution in [0.1, 0.15) is 59.3 Å². The summed E-state index contributed by atoms with van der Waals surface area (Å²) in [6, 6.07) is 20.8. The fraction of sp³-hybridized carbons (Fsp3) is 0.333. The van der Waals surface area contributed by atoms with Crippen molar-refractivity contribution in [1.29, 1.82) is 0 Å². The van der Waals surface area contributed by atoms with Crippen molar-refractivity contribution in [3.05, 3.63) is 93.9 Å². The topological polar surface area (TPSA) is 64.6 Å². The van der Waals surface area contributed by atoms with Crippen molar-refractivity contribution in [3.8, 4) is 11.5 Å². The van der Waals surface area contributed by atoms with E-state index in [2.05, 4.69) is 60.1 Å². The molecule has 40 heavy (non-hydrogen) atoms. The first-order valence-corrected chi connectivity index (χ1v) is 15.7. The van der Waals surface area contributed by atoms with Crippen LogP contribution < -0.4 is 14.8 Å². The van der Waals surface area contributed by atoms with Crippen molar-refractivity contribution in [2.45, 2.75) is 57.6 Å². The van der Waals surface area contributed by atoms with E-state index in [1.807, 2.05) is 36.5 Å². The number of thiophene rings is 1. The van der Waals surface area contributed by atoms with Crippen LogP contribution in [-0.2, 0) is 24.1 Å². The summed E-state index contributed by atoms with van der Waals surface area (Å²) in [6.07, 6.45) is 5.91.